The van der Waals surface area contributed by atoms with E-state index in [4.69, 9.17) is 14.2 Å². The third-order valence-corrected chi connectivity index (χ3v) is 4.44. The maximum atomic E-state index is 12.3. The van der Waals surface area contributed by atoms with Gasteiger partial charge in [-0.25, -0.2) is 4.79 Å². The number of esters is 1. The second-order valence-corrected chi connectivity index (χ2v) is 6.65. The number of amides is 2. The van der Waals surface area contributed by atoms with E-state index in [1.54, 1.807) is 6.07 Å². The lowest BCUT2D eigenvalue weighted by atomic mass is 10.1. The van der Waals surface area contributed by atoms with Crippen LogP contribution in [0.5, 0.6) is 11.5 Å². The molecule has 0 fully saturated rings. The van der Waals surface area contributed by atoms with Crippen LogP contribution in [-0.4, -0.2) is 44.7 Å². The Morgan fingerprint density at radius 3 is 2.20 bits per heavy atom. The third-order valence-electron chi connectivity index (χ3n) is 4.44. The quantitative estimate of drug-likeness (QED) is 0.644. The summed E-state index contributed by atoms with van der Waals surface area (Å²) in [5.74, 6) is -0.819. The standard InChI is InChI=1S/C22H26N2O6/c1-13-7-6-8-14(2)20(13)24-19(25)12-23-21(26)15(3)30-22(27)16-9-10-17(28-4)18(11-16)29-5/h6-11,15H,12H2,1-5H3,(H,23,26)(H,24,25)/t15-/m0/s1. The van der Waals surface area contributed by atoms with E-state index in [9.17, 15) is 14.4 Å². The van der Waals surface area contributed by atoms with E-state index >= 15 is 0 Å². The monoisotopic (exact) mass is 414 g/mol. The summed E-state index contributed by atoms with van der Waals surface area (Å²) in [5, 5.41) is 5.24. The third kappa shape index (κ3) is 5.73. The Morgan fingerprint density at radius 2 is 1.60 bits per heavy atom. The zero-order valence-corrected chi connectivity index (χ0v) is 17.7. The van der Waals surface area contributed by atoms with Crippen LogP contribution < -0.4 is 20.1 Å². The van der Waals surface area contributed by atoms with Gasteiger partial charge in [0.15, 0.2) is 17.6 Å². The molecule has 2 aromatic carbocycles. The van der Waals surface area contributed by atoms with E-state index < -0.39 is 18.0 Å². The molecule has 2 amide bonds. The van der Waals surface area contributed by atoms with Crippen LogP contribution in [-0.2, 0) is 14.3 Å². The highest BCUT2D eigenvalue weighted by Gasteiger charge is 2.20. The predicted molar refractivity (Wildman–Crippen MR) is 112 cm³/mol. The van der Waals surface area contributed by atoms with Gasteiger partial charge < -0.3 is 24.8 Å². The smallest absolute Gasteiger partial charge is 0.339 e. The van der Waals surface area contributed by atoms with Crippen molar-refractivity contribution >= 4 is 23.5 Å². The molecule has 2 rings (SSSR count). The van der Waals surface area contributed by atoms with E-state index in [-0.39, 0.29) is 18.0 Å². The number of benzene rings is 2. The summed E-state index contributed by atoms with van der Waals surface area (Å²) >= 11 is 0. The molecule has 0 aliphatic heterocycles. The average molecular weight is 414 g/mol. The number of ether oxygens (including phenoxy) is 3. The molecule has 8 nitrogen and oxygen atoms in total. The molecule has 0 aliphatic carbocycles. The molecule has 0 unspecified atom stereocenters. The topological polar surface area (TPSA) is 103 Å². The van der Waals surface area contributed by atoms with Gasteiger partial charge in [-0.1, -0.05) is 18.2 Å². The molecule has 0 saturated heterocycles. The molecule has 30 heavy (non-hydrogen) atoms. The van der Waals surface area contributed by atoms with E-state index in [2.05, 4.69) is 10.6 Å². The van der Waals surface area contributed by atoms with Crippen LogP contribution in [0.2, 0.25) is 0 Å². The Morgan fingerprint density at radius 1 is 0.967 bits per heavy atom. The largest absolute Gasteiger partial charge is 0.493 e. The molecule has 0 aromatic heterocycles. The first-order valence-electron chi connectivity index (χ1n) is 9.33. The number of aryl methyl sites for hydroxylation is 2. The van der Waals surface area contributed by atoms with Gasteiger partial charge in [0.25, 0.3) is 5.91 Å². The minimum absolute atomic E-state index is 0.208. The molecule has 2 N–H and O–H groups in total. The number of nitrogens with one attached hydrogen (secondary N) is 2. The molecule has 0 saturated carbocycles. The van der Waals surface area contributed by atoms with E-state index in [0.717, 1.165) is 11.1 Å². The van der Waals surface area contributed by atoms with Crippen LogP contribution in [0, 0.1) is 13.8 Å². The fourth-order valence-electron chi connectivity index (χ4n) is 2.75. The van der Waals surface area contributed by atoms with Gasteiger partial charge in [-0.3, -0.25) is 9.59 Å². The highest BCUT2D eigenvalue weighted by molar-refractivity contribution is 5.97. The molecule has 0 spiro atoms. The van der Waals surface area contributed by atoms with Crippen molar-refractivity contribution in [3.63, 3.8) is 0 Å². The summed E-state index contributed by atoms with van der Waals surface area (Å²) in [6, 6.07) is 10.2. The average Bonchev–Trinajstić information content (AvgIpc) is 2.73. The van der Waals surface area contributed by atoms with Crippen molar-refractivity contribution in [3.8, 4) is 11.5 Å². The van der Waals surface area contributed by atoms with E-state index in [1.807, 2.05) is 32.0 Å². The molecular formula is C22H26N2O6. The summed E-state index contributed by atoms with van der Waals surface area (Å²) in [6.45, 7) is 4.95. The van der Waals surface area contributed by atoms with Gasteiger partial charge in [-0.05, 0) is 50.1 Å². The Balaban J connectivity index is 1.90. The molecule has 160 valence electrons. The fourth-order valence-corrected chi connectivity index (χ4v) is 2.75. The highest BCUT2D eigenvalue weighted by atomic mass is 16.5. The number of para-hydroxylation sites is 1. The van der Waals surface area contributed by atoms with Crippen LogP contribution in [0.25, 0.3) is 0 Å². The van der Waals surface area contributed by atoms with E-state index in [1.165, 1.54) is 33.3 Å². The summed E-state index contributed by atoms with van der Waals surface area (Å²) in [5.41, 5.74) is 2.77. The Kier molecular flexibility index (Phi) is 7.80. The van der Waals surface area contributed by atoms with E-state index in [0.29, 0.717) is 17.2 Å². The van der Waals surface area contributed by atoms with Gasteiger partial charge in [0, 0.05) is 5.69 Å². The summed E-state index contributed by atoms with van der Waals surface area (Å²) < 4.78 is 15.5. The Labute approximate surface area is 175 Å². The van der Waals surface area contributed by atoms with Crippen molar-refractivity contribution in [2.24, 2.45) is 0 Å². The van der Waals surface area contributed by atoms with Crippen molar-refractivity contribution in [3.05, 3.63) is 53.1 Å². The summed E-state index contributed by atoms with van der Waals surface area (Å²) in [6.07, 6.45) is -1.08. The number of methoxy groups -OCH3 is 2. The van der Waals surface area contributed by atoms with Crippen molar-refractivity contribution in [1.82, 2.24) is 5.32 Å². The first-order valence-corrected chi connectivity index (χ1v) is 9.33. The lowest BCUT2D eigenvalue weighted by Crippen LogP contribution is -2.40. The number of hydrogen-bond acceptors (Lipinski definition) is 6. The van der Waals surface area contributed by atoms with Crippen LogP contribution in [0.4, 0.5) is 5.69 Å². The minimum Gasteiger partial charge on any atom is -0.493 e. The van der Waals surface area contributed by atoms with Gasteiger partial charge >= 0.3 is 5.97 Å². The van der Waals surface area contributed by atoms with Crippen molar-refractivity contribution in [2.45, 2.75) is 26.9 Å². The second kappa shape index (κ2) is 10.3. The molecule has 0 heterocycles. The summed E-state index contributed by atoms with van der Waals surface area (Å²) in [4.78, 5) is 36.7. The van der Waals surface area contributed by atoms with Gasteiger partial charge in [-0.2, -0.15) is 0 Å². The van der Waals surface area contributed by atoms with Crippen LogP contribution in [0.3, 0.4) is 0 Å². The van der Waals surface area contributed by atoms with Gasteiger partial charge in [0.05, 0.1) is 26.3 Å². The Hall–Kier alpha value is -3.55. The molecule has 0 radical (unpaired) electrons. The lowest BCUT2D eigenvalue weighted by Gasteiger charge is -2.15. The number of anilines is 1. The zero-order chi connectivity index (χ0) is 22.3. The van der Waals surface area contributed by atoms with Crippen molar-refractivity contribution < 1.29 is 28.6 Å². The van der Waals surface area contributed by atoms with Gasteiger partial charge in [0.2, 0.25) is 5.91 Å². The Bertz CT molecular complexity index is 921. The molecule has 1 atom stereocenters. The number of rotatable bonds is 8. The second-order valence-electron chi connectivity index (χ2n) is 6.65. The predicted octanol–water partition coefficient (Wildman–Crippen LogP) is 2.62. The molecule has 2 aromatic rings. The lowest BCUT2D eigenvalue weighted by molar-refractivity contribution is -0.130. The zero-order valence-electron chi connectivity index (χ0n) is 17.7. The first kappa shape index (κ1) is 22.7. The minimum atomic E-state index is -1.08. The number of hydrogen-bond donors (Lipinski definition) is 2. The molecule has 8 heteroatoms. The van der Waals surface area contributed by atoms with Gasteiger partial charge in [0.1, 0.15) is 0 Å². The van der Waals surface area contributed by atoms with Crippen molar-refractivity contribution in [2.75, 3.05) is 26.1 Å². The van der Waals surface area contributed by atoms with Crippen molar-refractivity contribution in [1.29, 1.82) is 0 Å². The normalized spacial score (nSPS) is 11.2. The SMILES string of the molecule is COc1ccc(C(=O)O[C@@H](C)C(=O)NCC(=O)Nc2c(C)cccc2C)cc1OC. The maximum Gasteiger partial charge on any atom is 0.339 e. The fraction of sp³-hybridized carbons (Fsp3) is 0.318. The van der Waals surface area contributed by atoms with Gasteiger partial charge in [-0.15, -0.1) is 0 Å². The van der Waals surface area contributed by atoms with Crippen LogP contribution in [0.15, 0.2) is 36.4 Å². The molecule has 0 aliphatic rings. The van der Waals surface area contributed by atoms with Crippen LogP contribution >= 0.6 is 0 Å². The molecular weight excluding hydrogens is 388 g/mol. The summed E-state index contributed by atoms with van der Waals surface area (Å²) in [7, 11) is 2.94. The first-order chi connectivity index (χ1) is 14.3. The maximum absolute atomic E-state index is 12.3. The molecule has 0 bridgehead atoms. The number of carbonyl (C=O) groups is 3. The highest BCUT2D eigenvalue weighted by Crippen LogP contribution is 2.28. The number of carbonyl (C=O) groups excluding carboxylic acids is 3. The van der Waals surface area contributed by atoms with Crippen LogP contribution in [0.1, 0.15) is 28.4 Å².